The van der Waals surface area contributed by atoms with Crippen LogP contribution in [-0.2, 0) is 19.6 Å². The van der Waals surface area contributed by atoms with Crippen LogP contribution in [0.2, 0.25) is 0 Å². The van der Waals surface area contributed by atoms with Crippen molar-refractivity contribution in [1.82, 2.24) is 4.31 Å². The van der Waals surface area contributed by atoms with E-state index in [9.17, 15) is 18.0 Å². The molecule has 0 spiro atoms. The predicted molar refractivity (Wildman–Crippen MR) is 103 cm³/mol. The van der Waals surface area contributed by atoms with Crippen molar-refractivity contribution in [2.75, 3.05) is 5.32 Å². The third kappa shape index (κ3) is 3.60. The van der Waals surface area contributed by atoms with Gasteiger partial charge in [-0.3, -0.25) is 9.59 Å². The maximum atomic E-state index is 13.0. The number of anilines is 1. The zero-order valence-corrected chi connectivity index (χ0v) is 16.3. The number of carbonyl (C=O) groups excluding carboxylic acids is 2. The second kappa shape index (κ2) is 7.15. The van der Waals surface area contributed by atoms with Crippen LogP contribution < -0.4 is 5.32 Å². The van der Waals surface area contributed by atoms with Crippen molar-refractivity contribution in [1.29, 1.82) is 0 Å². The molecule has 1 aliphatic rings. The van der Waals surface area contributed by atoms with E-state index in [1.807, 2.05) is 32.9 Å². The highest BCUT2D eigenvalue weighted by molar-refractivity contribution is 7.89. The molecule has 0 aliphatic carbocycles. The number of rotatable bonds is 4. The Hall–Kier alpha value is -2.67. The van der Waals surface area contributed by atoms with Crippen LogP contribution >= 0.6 is 0 Å². The fourth-order valence-corrected chi connectivity index (χ4v) is 4.73. The van der Waals surface area contributed by atoms with Gasteiger partial charge in [0.15, 0.2) is 0 Å². The second-order valence-corrected chi connectivity index (χ2v) is 8.61. The summed E-state index contributed by atoms with van der Waals surface area (Å²) in [5, 5.41) is 2.78. The highest BCUT2D eigenvalue weighted by atomic mass is 32.2. The van der Waals surface area contributed by atoms with Crippen LogP contribution in [0.25, 0.3) is 0 Å². The van der Waals surface area contributed by atoms with Crippen LogP contribution in [0.4, 0.5) is 5.69 Å². The van der Waals surface area contributed by atoms with E-state index in [-0.39, 0.29) is 17.7 Å². The lowest BCUT2D eigenvalue weighted by Crippen LogP contribution is -2.45. The third-order valence-electron chi connectivity index (χ3n) is 4.90. The molecule has 1 aliphatic heterocycles. The monoisotopic (exact) mass is 386 g/mol. The van der Waals surface area contributed by atoms with Gasteiger partial charge >= 0.3 is 0 Å². The zero-order chi connectivity index (χ0) is 19.8. The molecule has 142 valence electrons. The molecule has 1 fully saturated rings. The van der Waals surface area contributed by atoms with Gasteiger partial charge in [-0.25, -0.2) is 12.7 Å². The highest BCUT2D eigenvalue weighted by Gasteiger charge is 2.44. The van der Waals surface area contributed by atoms with E-state index in [1.165, 1.54) is 12.1 Å². The zero-order valence-electron chi connectivity index (χ0n) is 15.5. The Bertz CT molecular complexity index is 997. The van der Waals surface area contributed by atoms with Crippen LogP contribution in [0, 0.1) is 20.8 Å². The Kier molecular flexibility index (Phi) is 5.06. The predicted octanol–water partition coefficient (Wildman–Crippen LogP) is 2.93. The van der Waals surface area contributed by atoms with Crippen LogP contribution in [0.1, 0.15) is 29.5 Å². The number of hydrogen-bond acceptors (Lipinski definition) is 4. The van der Waals surface area contributed by atoms with Gasteiger partial charge in [-0.05, 0) is 56.5 Å². The molecule has 0 unspecified atom stereocenters. The summed E-state index contributed by atoms with van der Waals surface area (Å²) in [4.78, 5) is 25.1. The van der Waals surface area contributed by atoms with Crippen molar-refractivity contribution in [2.45, 2.75) is 44.6 Å². The lowest BCUT2D eigenvalue weighted by atomic mass is 10.1. The number of carbonyl (C=O) groups is 2. The minimum atomic E-state index is -4.09. The molecular weight excluding hydrogens is 364 g/mol. The Morgan fingerprint density at radius 1 is 1.07 bits per heavy atom. The standard InChI is InChI=1S/C20H22N2O4S/c1-13-7-9-16(10-8-13)27(25,26)22-18(11-12-19(22)23)20(24)21-17-6-4-5-14(2)15(17)3/h4-10,18H,11-12H2,1-3H3,(H,21,24)/t18-/m1/s1. The van der Waals surface area contributed by atoms with Gasteiger partial charge in [-0.1, -0.05) is 29.8 Å². The maximum absolute atomic E-state index is 13.0. The summed E-state index contributed by atoms with van der Waals surface area (Å²) in [5.41, 5.74) is 3.44. The smallest absolute Gasteiger partial charge is 0.267 e. The normalized spacial score (nSPS) is 17.2. The van der Waals surface area contributed by atoms with Gasteiger partial charge in [0.1, 0.15) is 6.04 Å². The summed E-state index contributed by atoms with van der Waals surface area (Å²) in [6.07, 6.45) is 0.191. The Labute approximate surface area is 159 Å². The number of hydrogen-bond donors (Lipinski definition) is 1. The van der Waals surface area contributed by atoms with Gasteiger partial charge < -0.3 is 5.32 Å². The number of sulfonamides is 1. The molecule has 0 saturated carbocycles. The van der Waals surface area contributed by atoms with Crippen LogP contribution in [0.15, 0.2) is 47.4 Å². The van der Waals surface area contributed by atoms with E-state index in [1.54, 1.807) is 18.2 Å². The summed E-state index contributed by atoms with van der Waals surface area (Å²) in [5.74, 6) is -1.05. The van der Waals surface area contributed by atoms with Crippen LogP contribution in [0.5, 0.6) is 0 Å². The minimum absolute atomic E-state index is 0.00730. The summed E-state index contributed by atoms with van der Waals surface area (Å²) in [6, 6.07) is 10.7. The lowest BCUT2D eigenvalue weighted by Gasteiger charge is -2.24. The molecule has 6 nitrogen and oxygen atoms in total. The van der Waals surface area contributed by atoms with Crippen molar-refractivity contribution >= 4 is 27.5 Å². The first-order valence-corrected chi connectivity index (χ1v) is 10.2. The number of amides is 2. The molecule has 1 heterocycles. The second-order valence-electron chi connectivity index (χ2n) is 6.80. The van der Waals surface area contributed by atoms with E-state index in [2.05, 4.69) is 5.32 Å². The largest absolute Gasteiger partial charge is 0.324 e. The van der Waals surface area contributed by atoms with Gasteiger partial charge in [-0.2, -0.15) is 0 Å². The Morgan fingerprint density at radius 2 is 1.74 bits per heavy atom. The van der Waals surface area contributed by atoms with Crippen molar-refractivity contribution in [3.05, 3.63) is 59.2 Å². The molecule has 7 heteroatoms. The molecule has 1 saturated heterocycles. The van der Waals surface area contributed by atoms with Crippen molar-refractivity contribution < 1.29 is 18.0 Å². The quantitative estimate of drug-likeness (QED) is 0.876. The van der Waals surface area contributed by atoms with E-state index in [0.717, 1.165) is 21.0 Å². The molecular formula is C20H22N2O4S. The van der Waals surface area contributed by atoms with Gasteiger partial charge in [0.2, 0.25) is 11.8 Å². The van der Waals surface area contributed by atoms with Gasteiger partial charge in [-0.15, -0.1) is 0 Å². The molecule has 2 amide bonds. The molecule has 1 atom stereocenters. The Morgan fingerprint density at radius 3 is 2.41 bits per heavy atom. The number of benzene rings is 2. The third-order valence-corrected chi connectivity index (χ3v) is 6.75. The molecule has 0 bridgehead atoms. The van der Waals surface area contributed by atoms with Gasteiger partial charge in [0, 0.05) is 12.1 Å². The minimum Gasteiger partial charge on any atom is -0.324 e. The van der Waals surface area contributed by atoms with Crippen molar-refractivity contribution in [3.8, 4) is 0 Å². The molecule has 2 aromatic carbocycles. The topological polar surface area (TPSA) is 83.6 Å². The summed E-state index contributed by atoms with van der Waals surface area (Å²) >= 11 is 0. The summed E-state index contributed by atoms with van der Waals surface area (Å²) < 4.78 is 26.7. The molecule has 0 aromatic heterocycles. The first-order chi connectivity index (χ1) is 12.7. The van der Waals surface area contributed by atoms with E-state index in [4.69, 9.17) is 0 Å². The van der Waals surface area contributed by atoms with E-state index < -0.39 is 27.9 Å². The first-order valence-electron chi connectivity index (χ1n) is 8.73. The molecule has 2 aromatic rings. The summed E-state index contributed by atoms with van der Waals surface area (Å²) in [7, 11) is -4.09. The van der Waals surface area contributed by atoms with Crippen molar-refractivity contribution in [3.63, 3.8) is 0 Å². The lowest BCUT2D eigenvalue weighted by molar-refractivity contribution is -0.128. The van der Waals surface area contributed by atoms with E-state index in [0.29, 0.717) is 5.69 Å². The fraction of sp³-hybridized carbons (Fsp3) is 0.300. The SMILES string of the molecule is Cc1ccc(S(=O)(=O)N2C(=O)CC[C@@H]2C(=O)Nc2cccc(C)c2C)cc1. The molecule has 1 N–H and O–H groups in total. The maximum Gasteiger partial charge on any atom is 0.267 e. The molecule has 3 rings (SSSR count). The molecule has 0 radical (unpaired) electrons. The number of nitrogens with one attached hydrogen (secondary N) is 1. The number of nitrogens with zero attached hydrogens (tertiary/aromatic N) is 1. The van der Waals surface area contributed by atoms with Gasteiger partial charge in [0.25, 0.3) is 10.0 Å². The summed E-state index contributed by atoms with van der Waals surface area (Å²) in [6.45, 7) is 5.65. The van der Waals surface area contributed by atoms with Crippen molar-refractivity contribution in [2.24, 2.45) is 0 Å². The highest BCUT2D eigenvalue weighted by Crippen LogP contribution is 2.29. The fourth-order valence-electron chi connectivity index (χ4n) is 3.13. The first kappa shape index (κ1) is 19.1. The average Bonchev–Trinajstić information content (AvgIpc) is 3.02. The van der Waals surface area contributed by atoms with Crippen LogP contribution in [0.3, 0.4) is 0 Å². The van der Waals surface area contributed by atoms with Crippen LogP contribution in [-0.4, -0.2) is 30.6 Å². The number of aryl methyl sites for hydroxylation is 2. The average molecular weight is 386 g/mol. The molecule has 27 heavy (non-hydrogen) atoms. The van der Waals surface area contributed by atoms with Gasteiger partial charge in [0.05, 0.1) is 4.90 Å². The van der Waals surface area contributed by atoms with E-state index >= 15 is 0 Å². The Balaban J connectivity index is 1.91.